The van der Waals surface area contributed by atoms with Gasteiger partial charge in [0.2, 0.25) is 11.7 Å². The first-order chi connectivity index (χ1) is 12.1. The molecule has 0 saturated carbocycles. The Morgan fingerprint density at radius 2 is 1.81 bits per heavy atom. The fourth-order valence-corrected chi connectivity index (χ4v) is 2.68. The number of carbonyl (C=O) groups excluding carboxylic acids is 2. The van der Waals surface area contributed by atoms with Gasteiger partial charge in [0.1, 0.15) is 0 Å². The van der Waals surface area contributed by atoms with Crippen LogP contribution in [0.5, 0.6) is 0 Å². The summed E-state index contributed by atoms with van der Waals surface area (Å²) in [6.07, 6.45) is -4.60. The number of halogens is 3. The molecule has 1 aromatic carbocycles. The third-order valence-electron chi connectivity index (χ3n) is 3.24. The van der Waals surface area contributed by atoms with Gasteiger partial charge in [0.15, 0.2) is 5.16 Å². The molecule has 0 fully saturated rings. The molecule has 26 heavy (non-hydrogen) atoms. The van der Waals surface area contributed by atoms with Crippen molar-refractivity contribution in [3.05, 3.63) is 35.7 Å². The number of nitrogens with zero attached hydrogens (tertiary/aromatic N) is 4. The first kappa shape index (κ1) is 19.8. The van der Waals surface area contributed by atoms with E-state index in [1.165, 1.54) is 11.9 Å². The van der Waals surface area contributed by atoms with Gasteiger partial charge >= 0.3 is 6.18 Å². The molecule has 1 heterocycles. The smallest absolute Gasteiger partial charge is 0.345 e. The second-order valence-corrected chi connectivity index (χ2v) is 6.42. The molecule has 0 aliphatic carbocycles. The number of carbonyl (C=O) groups is 2. The number of hydrogen-bond donors (Lipinski definition) is 1. The highest BCUT2D eigenvalue weighted by atomic mass is 32.2. The average Bonchev–Trinajstić information content (AvgIpc) is 2.94. The number of alkyl halides is 3. The van der Waals surface area contributed by atoms with E-state index in [-0.39, 0.29) is 16.8 Å². The van der Waals surface area contributed by atoms with Gasteiger partial charge in [-0.3, -0.25) is 9.59 Å². The minimum Gasteiger partial charge on any atom is -0.345 e. The fourth-order valence-electron chi connectivity index (χ4n) is 1.97. The van der Waals surface area contributed by atoms with Gasteiger partial charge in [0.25, 0.3) is 5.91 Å². The van der Waals surface area contributed by atoms with E-state index in [4.69, 9.17) is 0 Å². The summed E-state index contributed by atoms with van der Waals surface area (Å²) in [5.41, 5.74) is 0.945. The summed E-state index contributed by atoms with van der Waals surface area (Å²) >= 11 is 0.840. The maximum atomic E-state index is 12.6. The summed E-state index contributed by atoms with van der Waals surface area (Å²) in [5.74, 6) is -1.84. The molecule has 0 atom stereocenters. The number of rotatable bonds is 5. The maximum absolute atomic E-state index is 12.6. The van der Waals surface area contributed by atoms with Crippen LogP contribution in [0.1, 0.15) is 16.2 Å². The Balaban J connectivity index is 1.93. The van der Waals surface area contributed by atoms with E-state index in [9.17, 15) is 22.8 Å². The van der Waals surface area contributed by atoms with E-state index in [0.717, 1.165) is 16.3 Å². The van der Waals surface area contributed by atoms with Gasteiger partial charge in [-0.2, -0.15) is 13.2 Å². The Morgan fingerprint density at radius 3 is 2.31 bits per heavy atom. The molecule has 11 heteroatoms. The summed E-state index contributed by atoms with van der Waals surface area (Å²) in [6.45, 7) is 0. The van der Waals surface area contributed by atoms with Gasteiger partial charge in [-0.05, 0) is 24.3 Å². The van der Waals surface area contributed by atoms with Gasteiger partial charge in [-0.1, -0.05) is 11.8 Å². The van der Waals surface area contributed by atoms with Crippen molar-refractivity contribution < 1.29 is 22.8 Å². The molecule has 2 amide bonds. The van der Waals surface area contributed by atoms with E-state index in [1.54, 1.807) is 38.4 Å². The molecule has 2 aromatic rings. The molecular weight excluding hydrogens is 371 g/mol. The van der Waals surface area contributed by atoms with E-state index in [0.29, 0.717) is 11.3 Å². The predicted molar refractivity (Wildman–Crippen MR) is 89.8 cm³/mol. The van der Waals surface area contributed by atoms with Gasteiger partial charge in [-0.15, -0.1) is 10.2 Å². The number of benzene rings is 1. The average molecular weight is 387 g/mol. The van der Waals surface area contributed by atoms with Crippen molar-refractivity contribution in [2.45, 2.75) is 11.3 Å². The van der Waals surface area contributed by atoms with E-state index >= 15 is 0 Å². The number of aromatic nitrogens is 3. The zero-order chi connectivity index (χ0) is 19.5. The molecule has 0 aliphatic rings. The molecular formula is C15H16F3N5O2S. The van der Waals surface area contributed by atoms with Gasteiger partial charge in [0, 0.05) is 32.4 Å². The topological polar surface area (TPSA) is 80.1 Å². The molecule has 140 valence electrons. The zero-order valence-corrected chi connectivity index (χ0v) is 15.0. The van der Waals surface area contributed by atoms with Crippen LogP contribution in [-0.2, 0) is 18.0 Å². The van der Waals surface area contributed by atoms with Crippen LogP contribution in [0, 0.1) is 0 Å². The van der Waals surface area contributed by atoms with Crippen molar-refractivity contribution in [2.75, 3.05) is 25.2 Å². The Bertz CT molecular complexity index is 803. The quantitative estimate of drug-likeness (QED) is 0.796. The summed E-state index contributed by atoms with van der Waals surface area (Å²) in [5, 5.41) is 9.12. The van der Waals surface area contributed by atoms with E-state index < -0.39 is 17.9 Å². The van der Waals surface area contributed by atoms with Gasteiger partial charge < -0.3 is 14.8 Å². The van der Waals surface area contributed by atoms with Crippen LogP contribution in [-0.4, -0.2) is 51.3 Å². The van der Waals surface area contributed by atoms with Crippen LogP contribution in [0.2, 0.25) is 0 Å². The van der Waals surface area contributed by atoms with Crippen molar-refractivity contribution in [3.63, 3.8) is 0 Å². The van der Waals surface area contributed by atoms with Crippen molar-refractivity contribution in [1.82, 2.24) is 19.7 Å². The lowest BCUT2D eigenvalue weighted by Gasteiger charge is -2.11. The Morgan fingerprint density at radius 1 is 1.19 bits per heavy atom. The highest BCUT2D eigenvalue weighted by Gasteiger charge is 2.37. The number of amides is 2. The highest BCUT2D eigenvalue weighted by Crippen LogP contribution is 2.29. The molecule has 0 radical (unpaired) electrons. The van der Waals surface area contributed by atoms with Crippen molar-refractivity contribution in [3.8, 4) is 0 Å². The molecule has 0 saturated heterocycles. The molecule has 1 N–H and O–H groups in total. The molecule has 0 spiro atoms. The molecule has 1 aromatic heterocycles. The first-order valence-electron chi connectivity index (χ1n) is 7.30. The Kier molecular flexibility index (Phi) is 5.90. The second-order valence-electron chi connectivity index (χ2n) is 5.48. The summed E-state index contributed by atoms with van der Waals surface area (Å²) in [7, 11) is 4.45. The van der Waals surface area contributed by atoms with Gasteiger partial charge in [-0.25, -0.2) is 0 Å². The Labute approximate surface area is 151 Å². The van der Waals surface area contributed by atoms with Crippen LogP contribution in [0.3, 0.4) is 0 Å². The second kappa shape index (κ2) is 7.77. The van der Waals surface area contributed by atoms with Crippen LogP contribution >= 0.6 is 11.8 Å². The van der Waals surface area contributed by atoms with Crippen LogP contribution in [0.15, 0.2) is 29.4 Å². The lowest BCUT2D eigenvalue weighted by molar-refractivity contribution is -0.147. The third kappa shape index (κ3) is 4.75. The molecule has 2 rings (SSSR count). The SMILES string of the molecule is CN(C)C(=O)c1ccc(NC(=O)CSc2nnc(C(F)(F)F)n2C)cc1. The van der Waals surface area contributed by atoms with E-state index in [2.05, 4.69) is 15.5 Å². The molecule has 0 unspecified atom stereocenters. The molecule has 0 aliphatic heterocycles. The number of anilines is 1. The van der Waals surface area contributed by atoms with Crippen LogP contribution in [0.4, 0.5) is 18.9 Å². The fraction of sp³-hybridized carbons (Fsp3) is 0.333. The largest absolute Gasteiger partial charge is 0.451 e. The summed E-state index contributed by atoms with van der Waals surface area (Å²) in [4.78, 5) is 25.2. The normalized spacial score (nSPS) is 11.3. The lowest BCUT2D eigenvalue weighted by Crippen LogP contribution is -2.21. The van der Waals surface area contributed by atoms with Gasteiger partial charge in [0.05, 0.1) is 5.75 Å². The highest BCUT2D eigenvalue weighted by molar-refractivity contribution is 7.99. The minimum absolute atomic E-state index is 0.0144. The monoisotopic (exact) mass is 387 g/mol. The standard InChI is InChI=1S/C15H16F3N5O2S/c1-22(2)12(25)9-4-6-10(7-5-9)19-11(24)8-26-14-21-20-13(23(14)3)15(16,17)18/h4-7H,8H2,1-3H3,(H,19,24). The Hall–Kier alpha value is -2.56. The maximum Gasteiger partial charge on any atom is 0.451 e. The molecule has 7 nitrogen and oxygen atoms in total. The zero-order valence-electron chi connectivity index (χ0n) is 14.2. The van der Waals surface area contributed by atoms with Crippen LogP contribution < -0.4 is 5.32 Å². The van der Waals surface area contributed by atoms with E-state index in [1.807, 2.05) is 0 Å². The van der Waals surface area contributed by atoms with Crippen molar-refractivity contribution in [2.24, 2.45) is 7.05 Å². The van der Waals surface area contributed by atoms with Crippen LogP contribution in [0.25, 0.3) is 0 Å². The number of nitrogens with one attached hydrogen (secondary N) is 1. The van der Waals surface area contributed by atoms with Crippen molar-refractivity contribution in [1.29, 1.82) is 0 Å². The number of hydrogen-bond acceptors (Lipinski definition) is 5. The van der Waals surface area contributed by atoms with Crippen molar-refractivity contribution >= 4 is 29.3 Å². The predicted octanol–water partition coefficient (Wildman–Crippen LogP) is 2.27. The first-order valence-corrected chi connectivity index (χ1v) is 8.29. The minimum atomic E-state index is -4.60. The lowest BCUT2D eigenvalue weighted by atomic mass is 10.2. The third-order valence-corrected chi connectivity index (χ3v) is 4.26. The molecule has 0 bridgehead atoms. The summed E-state index contributed by atoms with van der Waals surface area (Å²) < 4.78 is 38.7. The summed E-state index contributed by atoms with van der Waals surface area (Å²) in [6, 6.07) is 6.29. The number of thioether (sulfide) groups is 1.